The minimum absolute atomic E-state index is 0.00266. The number of primary amides is 1. The van der Waals surface area contributed by atoms with E-state index in [0.29, 0.717) is 6.04 Å². The standard InChI is InChI=1S/C11H21N3O/c1-11(13)5-2-8(3-6-11)14-7-4-9(14)10(12)15/h8-9H,2-7,13H2,1H3,(H2,12,15). The minimum atomic E-state index is -0.165. The third kappa shape index (κ3) is 2.16. The minimum Gasteiger partial charge on any atom is -0.368 e. The van der Waals surface area contributed by atoms with Gasteiger partial charge in [0.25, 0.3) is 0 Å². The summed E-state index contributed by atoms with van der Waals surface area (Å²) in [6, 6.07) is 0.532. The van der Waals surface area contributed by atoms with Gasteiger partial charge in [-0.25, -0.2) is 0 Å². The van der Waals surface area contributed by atoms with Gasteiger partial charge in [-0.15, -0.1) is 0 Å². The van der Waals surface area contributed by atoms with Crippen LogP contribution in [0.1, 0.15) is 39.0 Å². The fourth-order valence-corrected chi connectivity index (χ4v) is 2.74. The number of nitrogens with two attached hydrogens (primary N) is 2. The maximum absolute atomic E-state index is 11.1. The lowest BCUT2D eigenvalue weighted by Gasteiger charge is -2.48. The van der Waals surface area contributed by atoms with Gasteiger partial charge in [0, 0.05) is 18.1 Å². The van der Waals surface area contributed by atoms with Crippen molar-refractivity contribution in [1.29, 1.82) is 0 Å². The first-order valence-corrected chi connectivity index (χ1v) is 5.83. The Morgan fingerprint density at radius 3 is 2.33 bits per heavy atom. The Balaban J connectivity index is 1.89. The predicted molar refractivity (Wildman–Crippen MR) is 59.2 cm³/mol. The van der Waals surface area contributed by atoms with Gasteiger partial charge in [0.2, 0.25) is 5.91 Å². The summed E-state index contributed by atoms with van der Waals surface area (Å²) in [7, 11) is 0. The molecule has 1 saturated carbocycles. The Morgan fingerprint density at radius 1 is 1.33 bits per heavy atom. The van der Waals surface area contributed by atoms with Crippen molar-refractivity contribution >= 4 is 5.91 Å². The van der Waals surface area contributed by atoms with Crippen LogP contribution in [-0.4, -0.2) is 35.0 Å². The number of nitrogens with zero attached hydrogens (tertiary/aromatic N) is 1. The van der Waals surface area contributed by atoms with Crippen LogP contribution in [0.25, 0.3) is 0 Å². The zero-order chi connectivity index (χ0) is 11.1. The van der Waals surface area contributed by atoms with Crippen LogP contribution >= 0.6 is 0 Å². The Bertz CT molecular complexity index is 255. The molecule has 1 saturated heterocycles. The second-order valence-corrected chi connectivity index (χ2v) is 5.33. The van der Waals surface area contributed by atoms with E-state index in [4.69, 9.17) is 11.5 Å². The maximum atomic E-state index is 11.1. The second-order valence-electron chi connectivity index (χ2n) is 5.33. The van der Waals surface area contributed by atoms with Gasteiger partial charge in [-0.05, 0) is 39.0 Å². The van der Waals surface area contributed by atoms with E-state index in [1.807, 2.05) is 0 Å². The van der Waals surface area contributed by atoms with Crippen LogP contribution in [-0.2, 0) is 4.79 Å². The number of hydrogen-bond acceptors (Lipinski definition) is 3. The molecule has 0 radical (unpaired) electrons. The summed E-state index contributed by atoms with van der Waals surface area (Å²) in [6.45, 7) is 3.14. The number of hydrogen-bond donors (Lipinski definition) is 2. The van der Waals surface area contributed by atoms with Crippen LogP contribution in [0.15, 0.2) is 0 Å². The number of amides is 1. The van der Waals surface area contributed by atoms with Crippen molar-refractivity contribution in [2.24, 2.45) is 11.5 Å². The third-order valence-electron chi connectivity index (χ3n) is 3.96. The molecule has 0 bridgehead atoms. The average molecular weight is 211 g/mol. The van der Waals surface area contributed by atoms with Gasteiger partial charge in [0.15, 0.2) is 0 Å². The molecule has 2 aliphatic rings. The monoisotopic (exact) mass is 211 g/mol. The summed E-state index contributed by atoms with van der Waals surface area (Å²) in [5.74, 6) is -0.165. The molecule has 0 aromatic carbocycles. The Labute approximate surface area is 91.0 Å². The molecule has 0 aromatic rings. The summed E-state index contributed by atoms with van der Waals surface area (Å²) in [5, 5.41) is 0. The topological polar surface area (TPSA) is 72.3 Å². The fourth-order valence-electron chi connectivity index (χ4n) is 2.74. The molecular formula is C11H21N3O. The molecular weight excluding hydrogens is 190 g/mol. The van der Waals surface area contributed by atoms with E-state index in [0.717, 1.165) is 38.6 Å². The molecule has 0 spiro atoms. The van der Waals surface area contributed by atoms with E-state index in [1.54, 1.807) is 0 Å². The SMILES string of the molecule is CC1(N)CCC(N2CCC2C(N)=O)CC1. The second kappa shape index (κ2) is 3.76. The first kappa shape index (κ1) is 10.9. The van der Waals surface area contributed by atoms with Gasteiger partial charge < -0.3 is 11.5 Å². The van der Waals surface area contributed by atoms with E-state index in [1.165, 1.54) is 0 Å². The maximum Gasteiger partial charge on any atom is 0.234 e. The fraction of sp³-hybridized carbons (Fsp3) is 0.909. The van der Waals surface area contributed by atoms with Gasteiger partial charge in [-0.2, -0.15) is 0 Å². The normalized spacial score (nSPS) is 42.3. The van der Waals surface area contributed by atoms with Crippen molar-refractivity contribution in [3.8, 4) is 0 Å². The summed E-state index contributed by atoms with van der Waals surface area (Å²) in [5.41, 5.74) is 11.4. The smallest absolute Gasteiger partial charge is 0.234 e. The quantitative estimate of drug-likeness (QED) is 0.685. The van der Waals surface area contributed by atoms with E-state index < -0.39 is 0 Å². The van der Waals surface area contributed by atoms with Crippen molar-refractivity contribution in [3.05, 3.63) is 0 Å². The van der Waals surface area contributed by atoms with Crippen LogP contribution in [0.5, 0.6) is 0 Å². The lowest BCUT2D eigenvalue weighted by atomic mass is 9.79. The van der Waals surface area contributed by atoms with Crippen molar-refractivity contribution in [2.75, 3.05) is 6.54 Å². The average Bonchev–Trinajstić information content (AvgIpc) is 2.05. The number of carbonyl (C=O) groups excluding carboxylic acids is 1. The van der Waals surface area contributed by atoms with E-state index in [-0.39, 0.29) is 17.5 Å². The molecule has 0 aromatic heterocycles. The molecule has 1 atom stereocenters. The van der Waals surface area contributed by atoms with Gasteiger partial charge in [-0.3, -0.25) is 9.69 Å². The summed E-state index contributed by atoms with van der Waals surface area (Å²) < 4.78 is 0. The predicted octanol–water partition coefficient (Wildman–Crippen LogP) is 0.206. The molecule has 15 heavy (non-hydrogen) atoms. The zero-order valence-electron chi connectivity index (χ0n) is 9.41. The van der Waals surface area contributed by atoms with Crippen LogP contribution < -0.4 is 11.5 Å². The van der Waals surface area contributed by atoms with Crippen LogP contribution in [0, 0.1) is 0 Å². The van der Waals surface area contributed by atoms with E-state index in [9.17, 15) is 4.79 Å². The molecule has 1 aliphatic carbocycles. The molecule has 2 rings (SSSR count). The van der Waals surface area contributed by atoms with Crippen LogP contribution in [0.2, 0.25) is 0 Å². The number of rotatable bonds is 2. The Hall–Kier alpha value is -0.610. The molecule has 4 N–H and O–H groups in total. The molecule has 2 fully saturated rings. The summed E-state index contributed by atoms with van der Waals surface area (Å²) >= 11 is 0. The summed E-state index contributed by atoms with van der Waals surface area (Å²) in [4.78, 5) is 13.4. The lowest BCUT2D eigenvalue weighted by molar-refractivity contribution is -0.130. The highest BCUT2D eigenvalue weighted by molar-refractivity contribution is 5.80. The number of carbonyl (C=O) groups is 1. The molecule has 4 heteroatoms. The van der Waals surface area contributed by atoms with Crippen molar-refractivity contribution in [1.82, 2.24) is 4.90 Å². The molecule has 1 unspecified atom stereocenters. The first-order chi connectivity index (χ1) is 6.99. The van der Waals surface area contributed by atoms with E-state index >= 15 is 0 Å². The highest BCUT2D eigenvalue weighted by atomic mass is 16.1. The van der Waals surface area contributed by atoms with Gasteiger partial charge in [0.05, 0.1) is 6.04 Å². The zero-order valence-corrected chi connectivity index (χ0v) is 9.41. The van der Waals surface area contributed by atoms with Crippen LogP contribution in [0.3, 0.4) is 0 Å². The summed E-state index contributed by atoms with van der Waals surface area (Å²) in [6.07, 6.45) is 5.26. The highest BCUT2D eigenvalue weighted by Crippen LogP contribution is 2.33. The van der Waals surface area contributed by atoms with Gasteiger partial charge in [-0.1, -0.05) is 0 Å². The highest BCUT2D eigenvalue weighted by Gasteiger charge is 2.40. The Kier molecular flexibility index (Phi) is 2.73. The van der Waals surface area contributed by atoms with Crippen molar-refractivity contribution < 1.29 is 4.79 Å². The van der Waals surface area contributed by atoms with E-state index in [2.05, 4.69) is 11.8 Å². The largest absolute Gasteiger partial charge is 0.368 e. The van der Waals surface area contributed by atoms with Crippen molar-refractivity contribution in [3.63, 3.8) is 0 Å². The number of likely N-dealkylation sites (tertiary alicyclic amines) is 1. The molecule has 4 nitrogen and oxygen atoms in total. The van der Waals surface area contributed by atoms with Gasteiger partial charge >= 0.3 is 0 Å². The van der Waals surface area contributed by atoms with Crippen LogP contribution in [0.4, 0.5) is 0 Å². The van der Waals surface area contributed by atoms with Gasteiger partial charge in [0.1, 0.15) is 0 Å². The Morgan fingerprint density at radius 2 is 1.93 bits per heavy atom. The third-order valence-corrected chi connectivity index (χ3v) is 3.96. The van der Waals surface area contributed by atoms with Crippen molar-refractivity contribution in [2.45, 2.75) is 56.7 Å². The molecule has 86 valence electrons. The molecule has 1 heterocycles. The first-order valence-electron chi connectivity index (χ1n) is 5.83. The molecule has 1 aliphatic heterocycles. The molecule has 1 amide bonds. The lowest BCUT2D eigenvalue weighted by Crippen LogP contribution is -2.60.